The van der Waals surface area contributed by atoms with E-state index in [4.69, 9.17) is 11.7 Å². The van der Waals surface area contributed by atoms with Gasteiger partial charge in [-0.05, 0) is 31.5 Å². The van der Waals surface area contributed by atoms with Crippen molar-refractivity contribution < 1.29 is 0 Å². The fraction of sp³-hybridized carbons (Fsp3) is 0.357. The Morgan fingerprint density at radius 1 is 1.31 bits per heavy atom. The highest BCUT2D eigenvalue weighted by Crippen LogP contribution is 2.14. The molecule has 2 unspecified atom stereocenters. The smallest absolute Gasteiger partial charge is 0.0991 e. The van der Waals surface area contributed by atoms with Gasteiger partial charge in [-0.1, -0.05) is 12.1 Å². The molecule has 0 saturated carbocycles. The summed E-state index contributed by atoms with van der Waals surface area (Å²) in [6.07, 6.45) is 5.98. The van der Waals surface area contributed by atoms with Crippen molar-refractivity contribution in [1.29, 1.82) is 5.26 Å². The fourth-order valence-electron chi connectivity index (χ4n) is 1.61. The molecule has 0 radical (unpaired) electrons. The van der Waals surface area contributed by atoms with E-state index in [9.17, 15) is 0 Å². The minimum Gasteiger partial charge on any atom is -0.307 e. The van der Waals surface area contributed by atoms with Crippen LogP contribution in [0.3, 0.4) is 0 Å². The van der Waals surface area contributed by atoms with Crippen LogP contribution in [-0.4, -0.2) is 6.04 Å². The Labute approximate surface area is 97.3 Å². The first-order valence-electron chi connectivity index (χ1n) is 5.37. The van der Waals surface area contributed by atoms with Crippen LogP contribution in [0.5, 0.6) is 0 Å². The average molecular weight is 212 g/mol. The molecular formula is C14H16N2. The first-order valence-corrected chi connectivity index (χ1v) is 5.37. The summed E-state index contributed by atoms with van der Waals surface area (Å²) in [6.45, 7) is 4.16. The molecule has 0 aliphatic rings. The number of hydrogen-bond acceptors (Lipinski definition) is 2. The lowest BCUT2D eigenvalue weighted by Crippen LogP contribution is -2.28. The maximum Gasteiger partial charge on any atom is 0.0991 e. The number of rotatable bonds is 4. The molecule has 0 aliphatic heterocycles. The zero-order valence-corrected chi connectivity index (χ0v) is 9.70. The summed E-state index contributed by atoms with van der Waals surface area (Å²) in [4.78, 5) is 0. The molecule has 2 nitrogen and oxygen atoms in total. The van der Waals surface area contributed by atoms with Gasteiger partial charge in [0.15, 0.2) is 0 Å². The summed E-state index contributed by atoms with van der Waals surface area (Å²) in [7, 11) is 0. The van der Waals surface area contributed by atoms with Gasteiger partial charge in [-0.15, -0.1) is 12.3 Å². The van der Waals surface area contributed by atoms with Crippen LogP contribution in [0, 0.1) is 23.7 Å². The molecule has 16 heavy (non-hydrogen) atoms. The SMILES string of the molecule is C#CCC(C)NC(C)c1ccc(C#N)cc1. The maximum absolute atomic E-state index is 8.69. The van der Waals surface area contributed by atoms with Crippen LogP contribution in [0.1, 0.15) is 37.4 Å². The third-order valence-corrected chi connectivity index (χ3v) is 2.50. The van der Waals surface area contributed by atoms with Gasteiger partial charge in [-0.3, -0.25) is 0 Å². The number of nitrogens with one attached hydrogen (secondary N) is 1. The van der Waals surface area contributed by atoms with Gasteiger partial charge in [0.2, 0.25) is 0 Å². The summed E-state index contributed by atoms with van der Waals surface area (Å²) in [5, 5.41) is 12.1. The normalized spacial score (nSPS) is 13.5. The molecule has 0 amide bonds. The number of nitrogens with zero attached hydrogens (tertiary/aromatic N) is 1. The highest BCUT2D eigenvalue weighted by molar-refractivity contribution is 5.32. The van der Waals surface area contributed by atoms with Crippen molar-refractivity contribution in [3.63, 3.8) is 0 Å². The van der Waals surface area contributed by atoms with Crippen LogP contribution in [-0.2, 0) is 0 Å². The zero-order chi connectivity index (χ0) is 12.0. The summed E-state index contributed by atoms with van der Waals surface area (Å²) >= 11 is 0. The lowest BCUT2D eigenvalue weighted by molar-refractivity contribution is 0.486. The van der Waals surface area contributed by atoms with Crippen LogP contribution in [0.25, 0.3) is 0 Å². The van der Waals surface area contributed by atoms with Gasteiger partial charge in [-0.25, -0.2) is 0 Å². The van der Waals surface area contributed by atoms with Crippen LogP contribution >= 0.6 is 0 Å². The third kappa shape index (κ3) is 3.42. The fourth-order valence-corrected chi connectivity index (χ4v) is 1.61. The van der Waals surface area contributed by atoms with Crippen LogP contribution in [0.2, 0.25) is 0 Å². The van der Waals surface area contributed by atoms with E-state index >= 15 is 0 Å². The molecular weight excluding hydrogens is 196 g/mol. The largest absolute Gasteiger partial charge is 0.307 e. The predicted molar refractivity (Wildman–Crippen MR) is 65.6 cm³/mol. The first-order chi connectivity index (χ1) is 7.67. The lowest BCUT2D eigenvalue weighted by Gasteiger charge is -2.18. The molecule has 82 valence electrons. The highest BCUT2D eigenvalue weighted by atomic mass is 14.9. The number of benzene rings is 1. The zero-order valence-electron chi connectivity index (χ0n) is 9.70. The monoisotopic (exact) mass is 212 g/mol. The first kappa shape index (κ1) is 12.3. The summed E-state index contributed by atoms with van der Waals surface area (Å²) in [5.74, 6) is 2.64. The Balaban J connectivity index is 2.63. The minimum absolute atomic E-state index is 0.246. The molecule has 0 fully saturated rings. The average Bonchev–Trinajstić information content (AvgIpc) is 2.29. The molecule has 2 atom stereocenters. The Morgan fingerprint density at radius 2 is 1.94 bits per heavy atom. The predicted octanol–water partition coefficient (Wildman–Crippen LogP) is 2.62. The standard InChI is InChI=1S/C14H16N2/c1-4-5-11(2)16-12(3)14-8-6-13(10-15)7-9-14/h1,6-9,11-12,16H,5H2,2-3H3. The van der Waals surface area contributed by atoms with Crippen LogP contribution < -0.4 is 5.32 Å². The molecule has 0 aliphatic carbocycles. The number of terminal acetylenes is 1. The quantitative estimate of drug-likeness (QED) is 0.779. The van der Waals surface area contributed by atoms with E-state index in [0.29, 0.717) is 11.6 Å². The Kier molecular flexibility index (Phi) is 4.58. The van der Waals surface area contributed by atoms with E-state index in [2.05, 4.69) is 31.2 Å². The molecule has 1 aromatic carbocycles. The summed E-state index contributed by atoms with van der Waals surface area (Å²) < 4.78 is 0. The van der Waals surface area contributed by atoms with E-state index in [1.807, 2.05) is 24.3 Å². The van der Waals surface area contributed by atoms with Crippen LogP contribution in [0.15, 0.2) is 24.3 Å². The summed E-state index contributed by atoms with van der Waals surface area (Å²) in [6, 6.07) is 10.3. The van der Waals surface area contributed by atoms with Gasteiger partial charge < -0.3 is 5.32 Å². The van der Waals surface area contributed by atoms with Crippen molar-refractivity contribution in [1.82, 2.24) is 5.32 Å². The van der Waals surface area contributed by atoms with Crippen molar-refractivity contribution in [2.75, 3.05) is 0 Å². The van der Waals surface area contributed by atoms with E-state index in [-0.39, 0.29) is 6.04 Å². The highest BCUT2D eigenvalue weighted by Gasteiger charge is 2.08. The molecule has 1 rings (SSSR count). The molecule has 0 saturated heterocycles. The topological polar surface area (TPSA) is 35.8 Å². The Bertz CT molecular complexity index is 406. The van der Waals surface area contributed by atoms with Gasteiger partial charge in [0.05, 0.1) is 11.6 Å². The van der Waals surface area contributed by atoms with Crippen molar-refractivity contribution in [3.8, 4) is 18.4 Å². The Hall–Kier alpha value is -1.77. The van der Waals surface area contributed by atoms with E-state index in [1.54, 1.807) is 0 Å². The third-order valence-electron chi connectivity index (χ3n) is 2.50. The molecule has 0 heterocycles. The van der Waals surface area contributed by atoms with Gasteiger partial charge in [-0.2, -0.15) is 5.26 Å². The van der Waals surface area contributed by atoms with E-state index in [1.165, 1.54) is 5.56 Å². The molecule has 0 aromatic heterocycles. The van der Waals surface area contributed by atoms with Gasteiger partial charge in [0.25, 0.3) is 0 Å². The van der Waals surface area contributed by atoms with E-state index < -0.39 is 0 Å². The second-order valence-corrected chi connectivity index (χ2v) is 3.93. The van der Waals surface area contributed by atoms with Gasteiger partial charge >= 0.3 is 0 Å². The molecule has 1 N–H and O–H groups in total. The Morgan fingerprint density at radius 3 is 2.44 bits per heavy atom. The molecule has 0 bridgehead atoms. The van der Waals surface area contributed by atoms with E-state index in [0.717, 1.165) is 6.42 Å². The second kappa shape index (κ2) is 5.95. The molecule has 1 aromatic rings. The van der Waals surface area contributed by atoms with Gasteiger partial charge in [0, 0.05) is 18.5 Å². The number of nitriles is 1. The molecule has 2 heteroatoms. The summed E-state index contributed by atoms with van der Waals surface area (Å²) in [5.41, 5.74) is 1.86. The van der Waals surface area contributed by atoms with Crippen molar-refractivity contribution >= 4 is 0 Å². The van der Waals surface area contributed by atoms with Crippen LogP contribution in [0.4, 0.5) is 0 Å². The van der Waals surface area contributed by atoms with Crippen molar-refractivity contribution in [3.05, 3.63) is 35.4 Å². The van der Waals surface area contributed by atoms with Crippen molar-refractivity contribution in [2.45, 2.75) is 32.4 Å². The van der Waals surface area contributed by atoms with Crippen molar-refractivity contribution in [2.24, 2.45) is 0 Å². The lowest BCUT2D eigenvalue weighted by atomic mass is 10.1. The van der Waals surface area contributed by atoms with Gasteiger partial charge in [0.1, 0.15) is 0 Å². The minimum atomic E-state index is 0.246. The molecule has 0 spiro atoms. The maximum atomic E-state index is 8.69. The number of hydrogen-bond donors (Lipinski definition) is 1. The second-order valence-electron chi connectivity index (χ2n) is 3.93.